The zero-order valence-electron chi connectivity index (χ0n) is 11.1. The third kappa shape index (κ3) is 1.49. The first-order valence-electron chi connectivity index (χ1n) is 7.03. The van der Waals surface area contributed by atoms with E-state index in [0.717, 1.165) is 4.90 Å². The number of phenolic OH excluding ortho intramolecular Hbond substituents is 1. The third-order valence-electron chi connectivity index (χ3n) is 5.20. The van der Waals surface area contributed by atoms with Crippen molar-refractivity contribution in [2.45, 2.75) is 18.6 Å². The average molecular weight is 289 g/mol. The molecule has 0 unspecified atom stereocenters. The zero-order chi connectivity index (χ0) is 14.9. The molecular formula is C15H15NO5. The molecule has 1 saturated heterocycles. The summed E-state index contributed by atoms with van der Waals surface area (Å²) in [6.45, 7) is 0. The maximum absolute atomic E-state index is 12.6. The zero-order valence-corrected chi connectivity index (χ0v) is 11.1. The minimum Gasteiger partial charge on any atom is -0.508 e. The highest BCUT2D eigenvalue weighted by Crippen LogP contribution is 2.56. The van der Waals surface area contributed by atoms with E-state index in [4.69, 9.17) is 0 Å². The molecule has 2 aliphatic carbocycles. The Morgan fingerprint density at radius 1 is 0.905 bits per heavy atom. The molecule has 1 aromatic carbocycles. The molecule has 0 aromatic heterocycles. The molecule has 21 heavy (non-hydrogen) atoms. The van der Waals surface area contributed by atoms with Crippen LogP contribution in [0.25, 0.3) is 0 Å². The van der Waals surface area contributed by atoms with E-state index in [1.165, 1.54) is 24.3 Å². The number of aliphatic hydroxyl groups is 2. The molecule has 6 heteroatoms. The highest BCUT2D eigenvalue weighted by atomic mass is 16.3. The highest BCUT2D eigenvalue weighted by Gasteiger charge is 2.67. The number of fused-ring (bicyclic) bond motifs is 5. The lowest BCUT2D eigenvalue weighted by molar-refractivity contribution is -0.129. The maximum Gasteiger partial charge on any atom is 0.238 e. The number of aliphatic hydroxyl groups excluding tert-OH is 2. The van der Waals surface area contributed by atoms with E-state index in [0.29, 0.717) is 12.1 Å². The molecule has 2 amide bonds. The maximum atomic E-state index is 12.6. The quantitative estimate of drug-likeness (QED) is 0.626. The number of rotatable bonds is 1. The first-order chi connectivity index (χ1) is 10.0. The number of hydrogen-bond acceptors (Lipinski definition) is 5. The molecule has 1 aliphatic heterocycles. The minimum atomic E-state index is -0.923. The van der Waals surface area contributed by atoms with Crippen LogP contribution in [0.2, 0.25) is 0 Å². The first kappa shape index (κ1) is 12.8. The topological polar surface area (TPSA) is 98.1 Å². The summed E-state index contributed by atoms with van der Waals surface area (Å²) in [5.41, 5.74) is 0.417. The minimum absolute atomic E-state index is 0.0592. The van der Waals surface area contributed by atoms with E-state index >= 15 is 0 Å². The van der Waals surface area contributed by atoms with Gasteiger partial charge in [0.05, 0.1) is 29.7 Å². The van der Waals surface area contributed by atoms with Crippen molar-refractivity contribution in [3.05, 3.63) is 24.3 Å². The number of benzene rings is 1. The van der Waals surface area contributed by atoms with Gasteiger partial charge in [0.15, 0.2) is 0 Å². The van der Waals surface area contributed by atoms with E-state index in [2.05, 4.69) is 0 Å². The second-order valence-electron chi connectivity index (χ2n) is 6.12. The van der Waals surface area contributed by atoms with Gasteiger partial charge in [0.2, 0.25) is 11.8 Å². The van der Waals surface area contributed by atoms with E-state index in [1.807, 2.05) is 0 Å². The third-order valence-corrected chi connectivity index (χ3v) is 5.20. The predicted molar refractivity (Wildman–Crippen MR) is 71.2 cm³/mol. The Bertz CT molecular complexity index is 595. The van der Waals surface area contributed by atoms with Gasteiger partial charge in [-0.15, -0.1) is 0 Å². The molecule has 6 nitrogen and oxygen atoms in total. The summed E-state index contributed by atoms with van der Waals surface area (Å²) >= 11 is 0. The summed E-state index contributed by atoms with van der Waals surface area (Å²) in [5.74, 6) is -2.31. The normalized spacial score (nSPS) is 41.0. The molecule has 2 saturated carbocycles. The van der Waals surface area contributed by atoms with Crippen LogP contribution in [0.4, 0.5) is 5.69 Å². The molecule has 4 rings (SSSR count). The van der Waals surface area contributed by atoms with Crippen LogP contribution in [0.1, 0.15) is 6.42 Å². The van der Waals surface area contributed by atoms with Gasteiger partial charge < -0.3 is 15.3 Å². The first-order valence-corrected chi connectivity index (χ1v) is 7.03. The molecule has 1 heterocycles. The Morgan fingerprint density at radius 2 is 1.38 bits per heavy atom. The number of aromatic hydroxyl groups is 1. The van der Waals surface area contributed by atoms with Crippen LogP contribution >= 0.6 is 0 Å². The van der Waals surface area contributed by atoms with E-state index in [9.17, 15) is 24.9 Å². The molecule has 0 radical (unpaired) electrons. The van der Waals surface area contributed by atoms with Gasteiger partial charge in [-0.2, -0.15) is 0 Å². The van der Waals surface area contributed by atoms with Crippen molar-refractivity contribution in [2.75, 3.05) is 4.90 Å². The average Bonchev–Trinajstić information content (AvgIpc) is 3.06. The molecule has 3 aliphatic rings. The molecular weight excluding hydrogens is 274 g/mol. The number of hydrogen-bond donors (Lipinski definition) is 3. The predicted octanol–water partition coefficient (Wildman–Crippen LogP) is -0.131. The van der Waals surface area contributed by atoms with E-state index in [1.54, 1.807) is 0 Å². The molecule has 6 atom stereocenters. The summed E-state index contributed by atoms with van der Waals surface area (Å²) in [6.07, 6.45) is -1.32. The Morgan fingerprint density at radius 3 is 1.86 bits per heavy atom. The second-order valence-corrected chi connectivity index (χ2v) is 6.12. The van der Waals surface area contributed by atoms with Crippen molar-refractivity contribution in [2.24, 2.45) is 23.7 Å². The number of carbonyl (C=O) groups excluding carboxylic acids is 2. The lowest BCUT2D eigenvalue weighted by Crippen LogP contribution is -2.43. The van der Waals surface area contributed by atoms with Crippen LogP contribution in [0.3, 0.4) is 0 Å². The molecule has 3 fully saturated rings. The van der Waals surface area contributed by atoms with Crippen molar-refractivity contribution < 1.29 is 24.9 Å². The Kier molecular flexibility index (Phi) is 2.47. The van der Waals surface area contributed by atoms with Crippen molar-refractivity contribution in [1.82, 2.24) is 0 Å². The Labute approximate surface area is 120 Å². The van der Waals surface area contributed by atoms with Crippen LogP contribution in [-0.2, 0) is 9.59 Å². The fourth-order valence-electron chi connectivity index (χ4n) is 4.29. The summed E-state index contributed by atoms with van der Waals surface area (Å²) in [6, 6.07) is 5.87. The fourth-order valence-corrected chi connectivity index (χ4v) is 4.29. The van der Waals surface area contributed by atoms with E-state index < -0.39 is 24.0 Å². The molecule has 3 N–H and O–H groups in total. The molecule has 110 valence electrons. The van der Waals surface area contributed by atoms with Gasteiger partial charge in [0, 0.05) is 11.8 Å². The van der Waals surface area contributed by atoms with Gasteiger partial charge in [-0.25, -0.2) is 0 Å². The Hall–Kier alpha value is -1.92. The largest absolute Gasteiger partial charge is 0.508 e. The van der Waals surface area contributed by atoms with Crippen LogP contribution < -0.4 is 4.90 Å². The molecule has 0 spiro atoms. The summed E-state index contributed by atoms with van der Waals surface area (Å²) in [7, 11) is 0. The van der Waals surface area contributed by atoms with Crippen molar-refractivity contribution in [3.63, 3.8) is 0 Å². The number of nitrogens with zero attached hydrogens (tertiary/aromatic N) is 1. The summed E-state index contributed by atoms with van der Waals surface area (Å²) in [5, 5.41) is 29.2. The standard InChI is InChI=1S/C15H15NO5/c17-7-3-1-6(2-4-7)16-14(20)10-8-5-9(11(10)15(16)21)13(19)12(8)18/h1-4,8-13,17-19H,5H2/t8-,9+,10+,11-,12-,13-/m0/s1. The number of phenols is 1. The molecule has 1 aromatic rings. The van der Waals surface area contributed by atoms with Crippen molar-refractivity contribution in [3.8, 4) is 5.75 Å². The van der Waals surface area contributed by atoms with Gasteiger partial charge in [-0.1, -0.05) is 0 Å². The number of carbonyl (C=O) groups is 2. The lowest BCUT2D eigenvalue weighted by atomic mass is 9.78. The van der Waals surface area contributed by atoms with E-state index in [-0.39, 0.29) is 29.4 Å². The Balaban J connectivity index is 1.73. The highest BCUT2D eigenvalue weighted by molar-refractivity contribution is 6.22. The SMILES string of the molecule is O=C1[C@@H]2[C@@H]3C[C@@H]([C@H](O)[C@H]3O)[C@@H]2C(=O)N1c1ccc(O)cc1. The molecule has 2 bridgehead atoms. The monoisotopic (exact) mass is 289 g/mol. The van der Waals surface area contributed by atoms with Gasteiger partial charge in [0.25, 0.3) is 0 Å². The van der Waals surface area contributed by atoms with Crippen LogP contribution in [0.5, 0.6) is 5.75 Å². The van der Waals surface area contributed by atoms with Crippen LogP contribution in [0, 0.1) is 23.7 Å². The van der Waals surface area contributed by atoms with Gasteiger partial charge in [0.1, 0.15) is 5.75 Å². The van der Waals surface area contributed by atoms with Gasteiger partial charge in [-0.3, -0.25) is 14.5 Å². The van der Waals surface area contributed by atoms with Crippen LogP contribution in [0.15, 0.2) is 24.3 Å². The summed E-state index contributed by atoms with van der Waals surface area (Å²) < 4.78 is 0. The van der Waals surface area contributed by atoms with Gasteiger partial charge >= 0.3 is 0 Å². The lowest BCUT2D eigenvalue weighted by Gasteiger charge is -2.29. The smallest absolute Gasteiger partial charge is 0.238 e. The van der Waals surface area contributed by atoms with Gasteiger partial charge in [-0.05, 0) is 30.7 Å². The van der Waals surface area contributed by atoms with Crippen LogP contribution in [-0.4, -0.2) is 39.3 Å². The number of imide groups is 1. The van der Waals surface area contributed by atoms with Crippen molar-refractivity contribution in [1.29, 1.82) is 0 Å². The number of amides is 2. The summed E-state index contributed by atoms with van der Waals surface area (Å²) in [4.78, 5) is 26.3. The second kappa shape index (κ2) is 4.05. The van der Waals surface area contributed by atoms with Crippen molar-refractivity contribution >= 4 is 17.5 Å². The fraction of sp³-hybridized carbons (Fsp3) is 0.467. The number of anilines is 1.